The quantitative estimate of drug-likeness (QED) is 0.748. The van der Waals surface area contributed by atoms with Crippen molar-refractivity contribution < 1.29 is 8.42 Å². The molecular weight excluding hydrogens is 258 g/mol. The molecule has 3 N–H and O–H groups in total. The van der Waals surface area contributed by atoms with Crippen LogP contribution in [0.15, 0.2) is 10.4 Å². The smallest absolute Gasteiger partial charge is 0.249 e. The first kappa shape index (κ1) is 14.4. The molecule has 0 spiro atoms. The second kappa shape index (κ2) is 6.32. The van der Waals surface area contributed by atoms with Gasteiger partial charge in [-0.05, 0) is 13.3 Å². The summed E-state index contributed by atoms with van der Waals surface area (Å²) >= 11 is 1.07. The van der Waals surface area contributed by atoms with E-state index in [-0.39, 0.29) is 4.21 Å². The first-order valence-corrected chi connectivity index (χ1v) is 8.05. The molecule has 17 heavy (non-hydrogen) atoms. The fraction of sp³-hybridized carbons (Fsp3) is 0.700. The second-order valence-electron chi connectivity index (χ2n) is 4.07. The molecule has 0 radical (unpaired) electrons. The van der Waals surface area contributed by atoms with Crippen molar-refractivity contribution in [3.8, 4) is 0 Å². The zero-order valence-corrected chi connectivity index (χ0v) is 11.8. The van der Waals surface area contributed by atoms with Gasteiger partial charge in [-0.15, -0.1) is 0 Å². The van der Waals surface area contributed by atoms with E-state index in [2.05, 4.69) is 24.1 Å². The van der Waals surface area contributed by atoms with Gasteiger partial charge in [-0.25, -0.2) is 18.5 Å². The van der Waals surface area contributed by atoms with E-state index < -0.39 is 10.0 Å². The third-order valence-corrected chi connectivity index (χ3v) is 4.71. The molecule has 0 fully saturated rings. The average molecular weight is 277 g/mol. The van der Waals surface area contributed by atoms with Crippen molar-refractivity contribution in [3.05, 3.63) is 6.20 Å². The van der Waals surface area contributed by atoms with E-state index in [0.717, 1.165) is 24.2 Å². The zero-order chi connectivity index (χ0) is 12.9. The van der Waals surface area contributed by atoms with Crippen LogP contribution in [-0.4, -0.2) is 19.4 Å². The topological polar surface area (TPSA) is 85.1 Å². The Hall–Kier alpha value is -0.660. The standard InChI is InChI=1S/C10H19N3O2S2/c1-3-4-5-6-8(2)13-10-12-7-9(16-10)17(11,14)15/h7-8H,3-6H2,1-2H3,(H,12,13)(H2,11,14,15). The molecule has 0 aliphatic heterocycles. The fourth-order valence-electron chi connectivity index (χ4n) is 1.44. The Morgan fingerprint density at radius 1 is 1.53 bits per heavy atom. The van der Waals surface area contributed by atoms with E-state index >= 15 is 0 Å². The molecule has 1 unspecified atom stereocenters. The predicted molar refractivity (Wildman–Crippen MR) is 70.7 cm³/mol. The monoisotopic (exact) mass is 277 g/mol. The zero-order valence-electron chi connectivity index (χ0n) is 10.1. The normalized spacial score (nSPS) is 13.6. The number of rotatable bonds is 7. The molecule has 0 saturated heterocycles. The van der Waals surface area contributed by atoms with Crippen molar-refractivity contribution in [2.24, 2.45) is 5.14 Å². The van der Waals surface area contributed by atoms with Crippen LogP contribution < -0.4 is 10.5 Å². The Kier molecular flexibility index (Phi) is 5.35. The van der Waals surface area contributed by atoms with Crippen molar-refractivity contribution in [2.75, 3.05) is 5.32 Å². The Morgan fingerprint density at radius 2 is 2.24 bits per heavy atom. The Labute approximate surface area is 106 Å². The van der Waals surface area contributed by atoms with Gasteiger partial charge in [0.05, 0.1) is 6.20 Å². The molecule has 0 amide bonds. The summed E-state index contributed by atoms with van der Waals surface area (Å²) in [5.74, 6) is 0. The van der Waals surface area contributed by atoms with Gasteiger partial charge in [0.15, 0.2) is 9.34 Å². The highest BCUT2D eigenvalue weighted by Crippen LogP contribution is 2.22. The van der Waals surface area contributed by atoms with Gasteiger partial charge in [-0.1, -0.05) is 37.5 Å². The van der Waals surface area contributed by atoms with Crippen LogP contribution in [0, 0.1) is 0 Å². The summed E-state index contributed by atoms with van der Waals surface area (Å²) in [6.45, 7) is 4.23. The lowest BCUT2D eigenvalue weighted by molar-refractivity contribution is 0.599. The van der Waals surface area contributed by atoms with Gasteiger partial charge in [-0.2, -0.15) is 0 Å². The summed E-state index contributed by atoms with van der Waals surface area (Å²) in [6, 6.07) is 0.293. The van der Waals surface area contributed by atoms with E-state index in [9.17, 15) is 8.42 Å². The van der Waals surface area contributed by atoms with Crippen molar-refractivity contribution >= 4 is 26.5 Å². The molecule has 0 bridgehead atoms. The summed E-state index contributed by atoms with van der Waals surface area (Å²) in [6.07, 6.45) is 5.92. The molecule has 0 aliphatic rings. The summed E-state index contributed by atoms with van der Waals surface area (Å²) in [4.78, 5) is 4.00. The molecule has 7 heteroatoms. The van der Waals surface area contributed by atoms with Gasteiger partial charge in [0.2, 0.25) is 10.0 Å². The molecule has 0 aromatic carbocycles. The van der Waals surface area contributed by atoms with Crippen LogP contribution in [0.25, 0.3) is 0 Å². The molecule has 1 heterocycles. The molecule has 1 aromatic rings. The first-order valence-electron chi connectivity index (χ1n) is 5.68. The molecule has 0 aliphatic carbocycles. The number of anilines is 1. The Bertz CT molecular complexity index is 442. The van der Waals surface area contributed by atoms with Gasteiger partial charge in [-0.3, -0.25) is 0 Å². The van der Waals surface area contributed by atoms with Gasteiger partial charge in [0.1, 0.15) is 0 Å². The lowest BCUT2D eigenvalue weighted by atomic mass is 10.1. The SMILES string of the molecule is CCCCCC(C)Nc1ncc(S(N)(=O)=O)s1. The highest BCUT2D eigenvalue weighted by atomic mass is 32.2. The van der Waals surface area contributed by atoms with E-state index in [1.165, 1.54) is 19.0 Å². The minimum absolute atomic E-state index is 0.0979. The van der Waals surface area contributed by atoms with Crippen molar-refractivity contribution in [1.82, 2.24) is 4.98 Å². The number of sulfonamides is 1. The molecule has 1 atom stereocenters. The van der Waals surface area contributed by atoms with Gasteiger partial charge >= 0.3 is 0 Å². The minimum Gasteiger partial charge on any atom is -0.359 e. The number of nitrogens with zero attached hydrogens (tertiary/aromatic N) is 1. The maximum absolute atomic E-state index is 11.1. The van der Waals surface area contributed by atoms with E-state index in [1.807, 2.05) is 0 Å². The molecular formula is C10H19N3O2S2. The third-order valence-electron chi connectivity index (χ3n) is 2.38. The largest absolute Gasteiger partial charge is 0.359 e. The molecule has 0 saturated carbocycles. The number of nitrogens with two attached hydrogens (primary N) is 1. The van der Waals surface area contributed by atoms with Crippen LogP contribution in [0.2, 0.25) is 0 Å². The van der Waals surface area contributed by atoms with E-state index in [0.29, 0.717) is 11.2 Å². The van der Waals surface area contributed by atoms with Crippen LogP contribution in [0.3, 0.4) is 0 Å². The van der Waals surface area contributed by atoms with Gasteiger partial charge in [0, 0.05) is 6.04 Å². The number of aromatic nitrogens is 1. The Balaban J connectivity index is 2.49. The maximum atomic E-state index is 11.1. The van der Waals surface area contributed by atoms with Crippen LogP contribution in [0.1, 0.15) is 39.5 Å². The van der Waals surface area contributed by atoms with Crippen molar-refractivity contribution in [2.45, 2.75) is 49.8 Å². The first-order chi connectivity index (χ1) is 7.93. The summed E-state index contributed by atoms with van der Waals surface area (Å²) in [5.41, 5.74) is 0. The second-order valence-corrected chi connectivity index (χ2v) is 6.89. The van der Waals surface area contributed by atoms with Gasteiger partial charge in [0.25, 0.3) is 0 Å². The average Bonchev–Trinajstić information content (AvgIpc) is 2.66. The summed E-state index contributed by atoms with van der Waals surface area (Å²) < 4.78 is 22.2. The molecule has 5 nitrogen and oxygen atoms in total. The lowest BCUT2D eigenvalue weighted by Gasteiger charge is -2.11. The summed E-state index contributed by atoms with van der Waals surface area (Å²) in [5, 5.41) is 8.80. The lowest BCUT2D eigenvalue weighted by Crippen LogP contribution is -2.14. The number of thiazole rings is 1. The maximum Gasteiger partial charge on any atom is 0.249 e. The van der Waals surface area contributed by atoms with Crippen molar-refractivity contribution in [3.63, 3.8) is 0 Å². The number of nitrogens with one attached hydrogen (secondary N) is 1. The van der Waals surface area contributed by atoms with Crippen LogP contribution >= 0.6 is 11.3 Å². The molecule has 1 rings (SSSR count). The molecule has 1 aromatic heterocycles. The van der Waals surface area contributed by atoms with Crippen LogP contribution in [0.4, 0.5) is 5.13 Å². The van der Waals surface area contributed by atoms with Crippen LogP contribution in [-0.2, 0) is 10.0 Å². The van der Waals surface area contributed by atoms with Gasteiger partial charge < -0.3 is 5.32 Å². The number of unbranched alkanes of at least 4 members (excludes halogenated alkanes) is 2. The van der Waals surface area contributed by atoms with Crippen molar-refractivity contribution in [1.29, 1.82) is 0 Å². The Morgan fingerprint density at radius 3 is 2.76 bits per heavy atom. The molecule has 98 valence electrons. The summed E-state index contributed by atoms with van der Waals surface area (Å²) in [7, 11) is -3.62. The highest BCUT2D eigenvalue weighted by Gasteiger charge is 2.13. The minimum atomic E-state index is -3.62. The highest BCUT2D eigenvalue weighted by molar-refractivity contribution is 7.91. The van der Waals surface area contributed by atoms with E-state index in [4.69, 9.17) is 5.14 Å². The van der Waals surface area contributed by atoms with Crippen LogP contribution in [0.5, 0.6) is 0 Å². The number of primary sulfonamides is 1. The number of hydrogen-bond acceptors (Lipinski definition) is 5. The number of hydrogen-bond donors (Lipinski definition) is 2. The third kappa shape index (κ3) is 5.01. The predicted octanol–water partition coefficient (Wildman–Crippen LogP) is 2.17. The fourth-order valence-corrected chi connectivity index (χ4v) is 3.00. The van der Waals surface area contributed by atoms with E-state index in [1.54, 1.807) is 0 Å².